The molecule has 2 saturated heterocycles. The number of rotatable bonds is 15. The summed E-state index contributed by atoms with van der Waals surface area (Å²) in [5.41, 5.74) is -1.35. The average Bonchev–Trinajstić information content (AvgIpc) is 3.72. The molecule has 2 fully saturated rings. The maximum Gasteiger partial charge on any atom is 0.316 e. The first-order valence-corrected chi connectivity index (χ1v) is 21.9. The van der Waals surface area contributed by atoms with Crippen molar-refractivity contribution in [3.63, 3.8) is 0 Å². The van der Waals surface area contributed by atoms with Gasteiger partial charge in [-0.05, 0) is 73.0 Å². The Bertz CT molecular complexity index is 1780. The third-order valence-electron chi connectivity index (χ3n) is 13.1. The van der Waals surface area contributed by atoms with Crippen LogP contribution in [0.1, 0.15) is 80.6 Å². The molecule has 16 heteroatoms. The van der Waals surface area contributed by atoms with Crippen molar-refractivity contribution < 1.29 is 48.3 Å². The van der Waals surface area contributed by atoms with Gasteiger partial charge in [0.25, 0.3) is 0 Å². The minimum Gasteiger partial charge on any atom is -0.458 e. The van der Waals surface area contributed by atoms with Gasteiger partial charge in [0.1, 0.15) is 29.5 Å². The second-order valence-corrected chi connectivity index (χ2v) is 17.8. The van der Waals surface area contributed by atoms with Crippen molar-refractivity contribution in [3.8, 4) is 11.3 Å². The summed E-state index contributed by atoms with van der Waals surface area (Å²) in [4.78, 5) is 55.9. The number of hydrogen-bond acceptors (Lipinski definition) is 14. The van der Waals surface area contributed by atoms with Crippen LogP contribution in [0.2, 0.25) is 5.02 Å². The zero-order valence-corrected chi connectivity index (χ0v) is 38.7. The molecule has 61 heavy (non-hydrogen) atoms. The Morgan fingerprint density at radius 3 is 2.38 bits per heavy atom. The van der Waals surface area contributed by atoms with E-state index < -0.39 is 84.0 Å². The summed E-state index contributed by atoms with van der Waals surface area (Å²) in [6, 6.07) is 0.554. The fourth-order valence-corrected chi connectivity index (χ4v) is 9.68. The Kier molecular flexibility index (Phi) is 18.2. The van der Waals surface area contributed by atoms with E-state index in [2.05, 4.69) is 16.5 Å². The van der Waals surface area contributed by atoms with Gasteiger partial charge in [0.15, 0.2) is 12.1 Å². The molecule has 0 saturated carbocycles. The van der Waals surface area contributed by atoms with E-state index in [1.807, 2.05) is 50.5 Å². The first-order valence-electron chi connectivity index (χ1n) is 21.5. The summed E-state index contributed by atoms with van der Waals surface area (Å²) in [6.45, 7) is 16.9. The van der Waals surface area contributed by atoms with Gasteiger partial charge in [-0.1, -0.05) is 45.4 Å². The Morgan fingerprint density at radius 1 is 1.08 bits per heavy atom. The van der Waals surface area contributed by atoms with E-state index in [0.29, 0.717) is 43.1 Å². The van der Waals surface area contributed by atoms with Crippen LogP contribution >= 0.6 is 11.6 Å². The highest BCUT2D eigenvalue weighted by atomic mass is 35.5. The van der Waals surface area contributed by atoms with Gasteiger partial charge >= 0.3 is 5.97 Å². The number of halogens is 1. The Labute approximate surface area is 367 Å². The number of ketones is 2. The van der Waals surface area contributed by atoms with Crippen LogP contribution < -0.4 is 0 Å². The number of aromatic nitrogens is 3. The van der Waals surface area contributed by atoms with Gasteiger partial charge in [-0.15, -0.1) is 6.58 Å². The number of likely N-dealkylation sites (N-methyl/N-ethyl adjacent to an activating group) is 1. The van der Waals surface area contributed by atoms with Crippen LogP contribution in [0, 0.1) is 23.7 Å². The predicted molar refractivity (Wildman–Crippen MR) is 231 cm³/mol. The van der Waals surface area contributed by atoms with Gasteiger partial charge in [0, 0.05) is 75.3 Å². The van der Waals surface area contributed by atoms with Crippen LogP contribution in [0.25, 0.3) is 11.3 Å². The van der Waals surface area contributed by atoms with E-state index >= 15 is 0 Å². The topological polar surface area (TPSA) is 175 Å². The van der Waals surface area contributed by atoms with Crippen molar-refractivity contribution in [1.82, 2.24) is 24.3 Å². The quantitative estimate of drug-likeness (QED) is 0.0786. The summed E-state index contributed by atoms with van der Waals surface area (Å²) >= 11 is 6.38. The highest BCUT2D eigenvalue weighted by Gasteiger charge is 2.54. The normalized spacial score (nSPS) is 34.7. The molecule has 0 radical (unpaired) electrons. The van der Waals surface area contributed by atoms with Crippen molar-refractivity contribution in [2.24, 2.45) is 23.7 Å². The number of carbonyl (C=O) groups excluding carboxylic acids is 3. The molecule has 1 unspecified atom stereocenters. The zero-order valence-electron chi connectivity index (χ0n) is 38.0. The lowest BCUT2D eigenvalue weighted by Gasteiger charge is -2.50. The van der Waals surface area contributed by atoms with Crippen molar-refractivity contribution in [2.45, 2.75) is 141 Å². The van der Waals surface area contributed by atoms with E-state index in [1.165, 1.54) is 21.1 Å². The lowest BCUT2D eigenvalue weighted by molar-refractivity contribution is -0.295. The number of aliphatic hydroxyl groups is 2. The molecule has 2 aromatic heterocycles. The van der Waals surface area contributed by atoms with E-state index in [0.717, 1.165) is 5.56 Å². The number of Topliss-reactive ketones (excluding diaryl/α,β-unsaturated/α-hetero) is 2. The standard InChI is InChI=1S/C45H70ClN5O10/c1-13-36-45(14-2,58-12)40(51(26-52)20-16-15-19-50-24-34(48-25-50)32-23-47-18-17-33(32)46)29(5)37(53)27(3)22-44(8,57-11)41(30(6)38(54)31(7)42(56)60-36)61-43-39(55)35(49(9)10)21-28(4)59-43/h14,17-18,23-25,27-31,35-36,39-41,43,52,55H,2,13,15-16,19-22,26H2,1,3-12H3/t27-,28-,29+,30+,31-,35+,36-,39-,40-,41-,43?,44+,45-/m1/s1. The highest BCUT2D eigenvalue weighted by Crippen LogP contribution is 2.41. The first-order chi connectivity index (χ1) is 28.8. The third kappa shape index (κ3) is 11.2. The van der Waals surface area contributed by atoms with E-state index in [1.54, 1.807) is 56.5 Å². The molecule has 0 bridgehead atoms. The molecule has 0 amide bonds. The molecule has 2 aliphatic rings. The monoisotopic (exact) mass is 875 g/mol. The van der Waals surface area contributed by atoms with Gasteiger partial charge in [-0.3, -0.25) is 24.3 Å². The molecule has 2 aliphatic heterocycles. The number of ether oxygens (including phenoxy) is 5. The van der Waals surface area contributed by atoms with Crippen LogP contribution in [0.15, 0.2) is 43.6 Å². The Balaban J connectivity index is 1.71. The maximum atomic E-state index is 14.9. The molecular formula is C45H70ClN5O10. The number of aryl methyl sites for hydroxylation is 1. The number of pyridine rings is 1. The largest absolute Gasteiger partial charge is 0.458 e. The van der Waals surface area contributed by atoms with Crippen molar-refractivity contribution in [2.75, 3.05) is 41.6 Å². The molecule has 15 nitrogen and oxygen atoms in total. The molecular weight excluding hydrogens is 806 g/mol. The SMILES string of the molecule is C=C[C@@]1(OC)[C@@H](CC)OC(=O)[C@H](C)C(=O)[C@H](C)[C@@H](OC2O[C@H](C)C[C@H](N(C)C)[C@H]2O)[C@@](C)(OC)C[C@@H](C)C(=O)[C@H](C)[C@H]1N(CO)CCCCn1cnc(-c2cnccc2Cl)c1. The van der Waals surface area contributed by atoms with E-state index in [-0.39, 0.29) is 30.8 Å². The van der Waals surface area contributed by atoms with E-state index in [4.69, 9.17) is 35.3 Å². The van der Waals surface area contributed by atoms with Gasteiger partial charge in [-0.25, -0.2) is 4.98 Å². The molecule has 2 aromatic rings. The predicted octanol–water partition coefficient (Wildman–Crippen LogP) is 5.19. The van der Waals surface area contributed by atoms with Gasteiger partial charge in [-0.2, -0.15) is 0 Å². The molecule has 4 rings (SSSR count). The van der Waals surface area contributed by atoms with Crippen molar-refractivity contribution >= 4 is 29.1 Å². The van der Waals surface area contributed by atoms with Crippen LogP contribution in [0.4, 0.5) is 0 Å². The summed E-state index contributed by atoms with van der Waals surface area (Å²) in [5, 5.41) is 23.1. The summed E-state index contributed by atoms with van der Waals surface area (Å²) in [7, 11) is 6.71. The second kappa shape index (κ2) is 22.0. The third-order valence-corrected chi connectivity index (χ3v) is 13.4. The fraction of sp³-hybridized carbons (Fsp3) is 0.711. The van der Waals surface area contributed by atoms with Gasteiger partial charge in [0.2, 0.25) is 0 Å². The lowest BCUT2D eigenvalue weighted by Crippen LogP contribution is -2.64. The van der Waals surface area contributed by atoms with Crippen LogP contribution in [-0.2, 0) is 44.6 Å². The zero-order chi connectivity index (χ0) is 45.4. The molecule has 0 spiro atoms. The van der Waals surface area contributed by atoms with Crippen molar-refractivity contribution in [1.29, 1.82) is 0 Å². The maximum absolute atomic E-state index is 14.9. The summed E-state index contributed by atoms with van der Waals surface area (Å²) in [5.74, 6) is -5.12. The number of imidazole rings is 1. The molecule has 4 heterocycles. The molecule has 0 aromatic carbocycles. The number of carbonyl (C=O) groups is 3. The molecule has 13 atom stereocenters. The molecule has 342 valence electrons. The number of esters is 1. The van der Waals surface area contributed by atoms with Crippen molar-refractivity contribution in [3.05, 3.63) is 48.7 Å². The van der Waals surface area contributed by atoms with Crippen LogP contribution in [-0.4, -0.2) is 148 Å². The van der Waals surface area contributed by atoms with Gasteiger partial charge in [0.05, 0.1) is 47.6 Å². The van der Waals surface area contributed by atoms with E-state index in [9.17, 15) is 24.6 Å². The number of unbranched alkanes of at least 4 members (excludes halogenated alkanes) is 1. The summed E-state index contributed by atoms with van der Waals surface area (Å²) < 4.78 is 33.5. The Morgan fingerprint density at radius 2 is 1.79 bits per heavy atom. The van der Waals surface area contributed by atoms with Gasteiger partial charge < -0.3 is 43.4 Å². The molecule has 2 N–H and O–H groups in total. The number of hydrogen-bond donors (Lipinski definition) is 2. The number of methoxy groups -OCH3 is 2. The second-order valence-electron chi connectivity index (χ2n) is 17.4. The Hall–Kier alpha value is -3.12. The van der Waals surface area contributed by atoms with Crippen LogP contribution in [0.5, 0.6) is 0 Å². The summed E-state index contributed by atoms with van der Waals surface area (Å²) in [6.07, 6.45) is 6.16. The first kappa shape index (κ1) is 50.5. The number of aliphatic hydroxyl groups excluding tert-OH is 2. The fourth-order valence-electron chi connectivity index (χ4n) is 9.48. The van der Waals surface area contributed by atoms with Crippen LogP contribution in [0.3, 0.4) is 0 Å². The lowest BCUT2D eigenvalue weighted by atomic mass is 9.72. The minimum atomic E-state index is -1.49. The highest BCUT2D eigenvalue weighted by molar-refractivity contribution is 6.33. The number of nitrogens with zero attached hydrogens (tertiary/aromatic N) is 5. The number of cyclic esters (lactones) is 1. The smallest absolute Gasteiger partial charge is 0.316 e. The minimum absolute atomic E-state index is 0.109. The average molecular weight is 877 g/mol. The molecule has 0 aliphatic carbocycles.